The second-order valence-electron chi connectivity index (χ2n) is 8.47. The van der Waals surface area contributed by atoms with Gasteiger partial charge < -0.3 is 9.84 Å². The highest BCUT2D eigenvalue weighted by molar-refractivity contribution is 6.32. The Balaban J connectivity index is 1.55. The van der Waals surface area contributed by atoms with E-state index in [0.29, 0.717) is 23.1 Å². The third kappa shape index (κ3) is 5.73. The van der Waals surface area contributed by atoms with E-state index in [1.807, 2.05) is 25.1 Å². The molecule has 1 aliphatic heterocycles. The minimum atomic E-state index is -0.802. The molecular formula is C24H32ClNO2. The van der Waals surface area contributed by atoms with Crippen molar-refractivity contribution in [2.75, 3.05) is 19.7 Å². The summed E-state index contributed by atoms with van der Waals surface area (Å²) in [6, 6.07) is 14.7. The van der Waals surface area contributed by atoms with Crippen molar-refractivity contribution in [3.05, 3.63) is 64.2 Å². The molecule has 0 aliphatic carbocycles. The van der Waals surface area contributed by atoms with E-state index in [0.717, 1.165) is 38.0 Å². The standard InChI is InChI=1S/C24H32ClNO2/c1-18(2)21-8-6-20(7-9-21)16-26-13-4-11-24(27,12-14-26)17-28-23-15-19(3)5-10-22(23)25/h5-10,15,18,27H,4,11-14,16-17H2,1-3H3. The number of aryl methyl sites for hydroxylation is 1. The van der Waals surface area contributed by atoms with E-state index in [2.05, 4.69) is 43.0 Å². The molecule has 4 heteroatoms. The van der Waals surface area contributed by atoms with E-state index in [-0.39, 0.29) is 6.61 Å². The van der Waals surface area contributed by atoms with Crippen LogP contribution in [0.3, 0.4) is 0 Å². The summed E-state index contributed by atoms with van der Waals surface area (Å²) in [6.45, 7) is 9.53. The minimum Gasteiger partial charge on any atom is -0.489 e. The molecular weight excluding hydrogens is 370 g/mol. The molecule has 2 aromatic rings. The first kappa shape index (κ1) is 21.2. The van der Waals surface area contributed by atoms with Crippen LogP contribution >= 0.6 is 11.6 Å². The molecule has 1 aliphatic rings. The summed E-state index contributed by atoms with van der Waals surface area (Å²) in [7, 11) is 0. The molecule has 0 saturated carbocycles. The van der Waals surface area contributed by atoms with E-state index in [9.17, 15) is 5.11 Å². The Morgan fingerprint density at radius 3 is 2.57 bits per heavy atom. The summed E-state index contributed by atoms with van der Waals surface area (Å²) in [6.07, 6.45) is 2.42. The average molecular weight is 402 g/mol. The van der Waals surface area contributed by atoms with Crippen LogP contribution in [0.1, 0.15) is 55.7 Å². The molecule has 0 spiro atoms. The second kappa shape index (κ2) is 9.30. The molecule has 152 valence electrons. The highest BCUT2D eigenvalue weighted by Gasteiger charge is 2.31. The van der Waals surface area contributed by atoms with Crippen molar-refractivity contribution in [3.63, 3.8) is 0 Å². The summed E-state index contributed by atoms with van der Waals surface area (Å²) in [5, 5.41) is 11.7. The number of rotatable bonds is 6. The average Bonchev–Trinajstić information content (AvgIpc) is 2.85. The van der Waals surface area contributed by atoms with Gasteiger partial charge in [0, 0.05) is 13.1 Å². The first-order chi connectivity index (χ1) is 13.3. The lowest BCUT2D eigenvalue weighted by atomic mass is 9.96. The second-order valence-corrected chi connectivity index (χ2v) is 8.88. The SMILES string of the molecule is Cc1ccc(Cl)c(OCC2(O)CCCN(Cc3ccc(C(C)C)cc3)CC2)c1. The summed E-state index contributed by atoms with van der Waals surface area (Å²) >= 11 is 6.22. The van der Waals surface area contributed by atoms with Gasteiger partial charge in [-0.1, -0.05) is 55.8 Å². The van der Waals surface area contributed by atoms with Gasteiger partial charge in [0.1, 0.15) is 12.4 Å². The van der Waals surface area contributed by atoms with Gasteiger partial charge in [0.15, 0.2) is 0 Å². The summed E-state index contributed by atoms with van der Waals surface area (Å²) in [5.41, 5.74) is 3.00. The lowest BCUT2D eigenvalue weighted by Gasteiger charge is -2.27. The van der Waals surface area contributed by atoms with Crippen LogP contribution in [-0.4, -0.2) is 35.3 Å². The van der Waals surface area contributed by atoms with E-state index < -0.39 is 5.60 Å². The fourth-order valence-electron chi connectivity index (χ4n) is 3.74. The maximum absolute atomic E-state index is 11.1. The Hall–Kier alpha value is -1.55. The number of halogens is 1. The first-order valence-electron chi connectivity index (χ1n) is 10.3. The summed E-state index contributed by atoms with van der Waals surface area (Å²) < 4.78 is 5.90. The van der Waals surface area contributed by atoms with Crippen molar-refractivity contribution >= 4 is 11.6 Å². The summed E-state index contributed by atoms with van der Waals surface area (Å²) in [5.74, 6) is 1.21. The van der Waals surface area contributed by atoms with E-state index >= 15 is 0 Å². The number of aliphatic hydroxyl groups is 1. The van der Waals surface area contributed by atoms with Crippen LogP contribution in [0.2, 0.25) is 5.02 Å². The Labute approximate surface area is 174 Å². The maximum atomic E-state index is 11.1. The molecule has 1 heterocycles. The van der Waals surface area contributed by atoms with Crippen molar-refractivity contribution in [1.82, 2.24) is 4.90 Å². The topological polar surface area (TPSA) is 32.7 Å². The van der Waals surface area contributed by atoms with Gasteiger partial charge >= 0.3 is 0 Å². The quantitative estimate of drug-likeness (QED) is 0.686. The molecule has 0 aromatic heterocycles. The third-order valence-electron chi connectivity index (χ3n) is 5.65. The van der Waals surface area contributed by atoms with E-state index in [4.69, 9.17) is 16.3 Å². The zero-order valence-electron chi connectivity index (χ0n) is 17.2. The van der Waals surface area contributed by atoms with Gasteiger partial charge in [0.05, 0.1) is 10.6 Å². The third-order valence-corrected chi connectivity index (χ3v) is 5.96. The van der Waals surface area contributed by atoms with Gasteiger partial charge in [-0.05, 0) is 67.5 Å². The largest absolute Gasteiger partial charge is 0.489 e. The Bertz CT molecular complexity index is 775. The molecule has 1 N–H and O–H groups in total. The Kier molecular flexibility index (Phi) is 7.03. The summed E-state index contributed by atoms with van der Waals surface area (Å²) in [4.78, 5) is 2.43. The fraction of sp³-hybridized carbons (Fsp3) is 0.500. The van der Waals surface area contributed by atoms with Crippen LogP contribution < -0.4 is 4.74 Å². The van der Waals surface area contributed by atoms with E-state index in [1.165, 1.54) is 11.1 Å². The van der Waals surface area contributed by atoms with E-state index in [1.54, 1.807) is 0 Å². The molecule has 3 rings (SSSR count). The molecule has 1 fully saturated rings. The van der Waals surface area contributed by atoms with Gasteiger partial charge in [-0.25, -0.2) is 0 Å². The number of likely N-dealkylation sites (tertiary alicyclic amines) is 1. The smallest absolute Gasteiger partial charge is 0.138 e. The molecule has 1 unspecified atom stereocenters. The van der Waals surface area contributed by atoms with Crippen molar-refractivity contribution in [1.29, 1.82) is 0 Å². The molecule has 2 aromatic carbocycles. The van der Waals surface area contributed by atoms with Gasteiger partial charge in [-0.3, -0.25) is 4.90 Å². The van der Waals surface area contributed by atoms with Crippen molar-refractivity contribution in [3.8, 4) is 5.75 Å². The number of benzene rings is 2. The molecule has 1 atom stereocenters. The fourth-order valence-corrected chi connectivity index (χ4v) is 3.91. The molecule has 0 bridgehead atoms. The number of ether oxygens (including phenoxy) is 1. The van der Waals surface area contributed by atoms with Gasteiger partial charge in [0.2, 0.25) is 0 Å². The monoisotopic (exact) mass is 401 g/mol. The van der Waals surface area contributed by atoms with Gasteiger partial charge in [-0.2, -0.15) is 0 Å². The Morgan fingerprint density at radius 2 is 1.86 bits per heavy atom. The predicted octanol–water partition coefficient (Wildman–Crippen LogP) is 5.57. The van der Waals surface area contributed by atoms with Crippen LogP contribution in [0.5, 0.6) is 5.75 Å². The number of hydrogen-bond donors (Lipinski definition) is 1. The maximum Gasteiger partial charge on any atom is 0.138 e. The molecule has 0 amide bonds. The Morgan fingerprint density at radius 1 is 1.11 bits per heavy atom. The van der Waals surface area contributed by atoms with Crippen molar-refractivity contribution < 1.29 is 9.84 Å². The zero-order valence-corrected chi connectivity index (χ0v) is 18.0. The van der Waals surface area contributed by atoms with Crippen molar-refractivity contribution in [2.45, 2.75) is 58.1 Å². The highest BCUT2D eigenvalue weighted by atomic mass is 35.5. The van der Waals surface area contributed by atoms with Crippen LogP contribution in [0.15, 0.2) is 42.5 Å². The highest BCUT2D eigenvalue weighted by Crippen LogP contribution is 2.29. The lowest BCUT2D eigenvalue weighted by molar-refractivity contribution is -0.0168. The minimum absolute atomic E-state index is 0.285. The predicted molar refractivity (Wildman–Crippen MR) is 116 cm³/mol. The normalized spacial score (nSPS) is 20.9. The van der Waals surface area contributed by atoms with Crippen LogP contribution in [0.4, 0.5) is 0 Å². The molecule has 0 radical (unpaired) electrons. The van der Waals surface area contributed by atoms with Gasteiger partial charge in [-0.15, -0.1) is 0 Å². The zero-order chi connectivity index (χ0) is 20.1. The van der Waals surface area contributed by atoms with Crippen LogP contribution in [0, 0.1) is 6.92 Å². The molecule has 3 nitrogen and oxygen atoms in total. The number of hydrogen-bond acceptors (Lipinski definition) is 3. The lowest BCUT2D eigenvalue weighted by Crippen LogP contribution is -2.37. The van der Waals surface area contributed by atoms with Gasteiger partial charge in [0.25, 0.3) is 0 Å². The molecule has 28 heavy (non-hydrogen) atoms. The van der Waals surface area contributed by atoms with Crippen LogP contribution in [0.25, 0.3) is 0 Å². The first-order valence-corrected chi connectivity index (χ1v) is 10.6. The van der Waals surface area contributed by atoms with Crippen molar-refractivity contribution in [2.24, 2.45) is 0 Å². The molecule has 1 saturated heterocycles. The number of nitrogens with zero attached hydrogens (tertiary/aromatic N) is 1. The van der Waals surface area contributed by atoms with Crippen LogP contribution in [-0.2, 0) is 6.54 Å².